The molecule has 12 aliphatic rings. The van der Waals surface area contributed by atoms with E-state index in [-0.39, 0.29) is 45.2 Å². The van der Waals surface area contributed by atoms with Gasteiger partial charge >= 0.3 is 17.1 Å². The molecule has 103 heavy (non-hydrogen) atoms. The van der Waals surface area contributed by atoms with Gasteiger partial charge in [0, 0.05) is 42.3 Å². The number of fused-ring (bicyclic) bond motifs is 3. The maximum atomic E-state index is 13.5. The average molecular weight is 1430 g/mol. The van der Waals surface area contributed by atoms with Crippen molar-refractivity contribution < 1.29 is 24.9 Å². The fraction of sp³-hybridized carbons (Fsp3) is 0.534. The highest BCUT2D eigenvalue weighted by Gasteiger charge is 2.62. The lowest BCUT2D eigenvalue weighted by molar-refractivity contribution is -0.156. The number of nitrogens with zero attached hydrogens (tertiary/aromatic N) is 15. The van der Waals surface area contributed by atoms with Crippen molar-refractivity contribution in [3.05, 3.63) is 132 Å². The van der Waals surface area contributed by atoms with Crippen LogP contribution in [-0.2, 0) is 37.8 Å². The molecule has 9 heterocycles. The minimum Gasteiger partial charge on any atom is -0.397 e. The summed E-state index contributed by atoms with van der Waals surface area (Å²) < 4.78 is 10.4. The Kier molecular flexibility index (Phi) is 16.9. The molecule has 0 radical (unpaired) electrons. The number of nitrogens with two attached hydrogens (primary N) is 1. The van der Waals surface area contributed by atoms with Crippen LogP contribution in [0, 0.1) is 56.3 Å². The van der Waals surface area contributed by atoms with Gasteiger partial charge in [0.2, 0.25) is 17.2 Å². The number of carbonyl (C=O) groups is 2. The predicted molar refractivity (Wildman–Crippen MR) is 389 cm³/mol. The molecule has 9 aromatic heterocycles. The van der Waals surface area contributed by atoms with Crippen LogP contribution in [0.2, 0.25) is 5.28 Å². The van der Waals surface area contributed by atoms with E-state index in [0.717, 1.165) is 124 Å². The molecule has 6 unspecified atom stereocenters. The first-order valence-electron chi connectivity index (χ1n) is 35.6. The van der Waals surface area contributed by atoms with Crippen LogP contribution in [-0.4, -0.2) is 137 Å². The summed E-state index contributed by atoms with van der Waals surface area (Å²) in [6, 6.07) is 5.32. The fourth-order valence-electron chi connectivity index (χ4n) is 21.0. The van der Waals surface area contributed by atoms with Gasteiger partial charge in [-0.2, -0.15) is 15.0 Å². The predicted octanol–water partition coefficient (Wildman–Crippen LogP) is 6.94. The molecule has 0 aromatic carbocycles. The monoisotopic (exact) mass is 1420 g/mol. The first kappa shape index (κ1) is 69.3. The van der Waals surface area contributed by atoms with Crippen molar-refractivity contribution in [2.75, 3.05) is 37.5 Å². The zero-order valence-electron chi connectivity index (χ0n) is 59.6. The summed E-state index contributed by atoms with van der Waals surface area (Å²) >= 11 is 5.99. The van der Waals surface area contributed by atoms with Crippen LogP contribution in [0.25, 0.3) is 39.2 Å². The van der Waals surface area contributed by atoms with E-state index in [1.807, 2.05) is 47.6 Å². The molecule has 0 aliphatic heterocycles. The molecule has 10 N–H and O–H groups in total. The lowest BCUT2D eigenvalue weighted by Crippen LogP contribution is -2.61. The normalized spacial score (nSPS) is 29.2. The second-order valence-electron chi connectivity index (χ2n) is 31.7. The number of nitrogen functional groups attached to an aromatic ring is 1. The minimum absolute atomic E-state index is 0.0814. The number of amides is 2. The molecule has 29 nitrogen and oxygen atoms in total. The van der Waals surface area contributed by atoms with E-state index < -0.39 is 22.3 Å². The zero-order chi connectivity index (χ0) is 72.8. The number of anilines is 5. The van der Waals surface area contributed by atoms with Gasteiger partial charge in [0.25, 0.3) is 11.8 Å². The first-order chi connectivity index (χ1) is 48.9. The number of aliphatic hydroxyl groups is 3. The molecule has 2 amide bonds. The molecule has 12 saturated carbocycles. The van der Waals surface area contributed by atoms with Crippen molar-refractivity contribution in [1.29, 1.82) is 0 Å². The Balaban J connectivity index is 0.000000117. The number of nitrogens with one attached hydrogen (secondary N) is 5. The quantitative estimate of drug-likeness (QED) is 0.0592. The SMILES string of the molecule is C=C(NC)c1cc(C)c(Nc2ncc3c(n2)n(C24CC5CC(CC(O)(C5)C2)C4)c(=O)n3C)cn1.CNC(=O)c1cc(C)c(N)cn1.CNC(=O)c1cc(C)c(Nc2ncc3c(n2)n(C24CC5CC(CC(O)(C5)C2)C4)c(=O)n3C)cn1.Cn1c(=O)n(C23CC4CC(CC(O)(C4)C2)C3)c2nc(Cl)ncc21. The Labute approximate surface area is 598 Å². The van der Waals surface area contributed by atoms with Gasteiger partial charge < -0.3 is 47.6 Å². The van der Waals surface area contributed by atoms with Crippen LogP contribution in [0.3, 0.4) is 0 Å². The summed E-state index contributed by atoms with van der Waals surface area (Å²) in [5.74, 6) is 3.14. The first-order valence-corrected chi connectivity index (χ1v) is 36.0. The summed E-state index contributed by atoms with van der Waals surface area (Å²) in [5.41, 5.74) is 13.0. The third-order valence-electron chi connectivity index (χ3n) is 24.2. The Bertz CT molecular complexity index is 4910. The van der Waals surface area contributed by atoms with Crippen molar-refractivity contribution in [3.8, 4) is 0 Å². The van der Waals surface area contributed by atoms with Crippen LogP contribution < -0.4 is 49.4 Å². The summed E-state index contributed by atoms with van der Waals surface area (Å²) in [6.07, 6.45) is 25.9. The molecular weight excluding hydrogens is 1330 g/mol. The molecule has 30 heteroatoms. The Morgan fingerprint density at radius 3 is 1.15 bits per heavy atom. The topological polar surface area (TPSA) is 378 Å². The summed E-state index contributed by atoms with van der Waals surface area (Å²) in [6.45, 7) is 9.67. The van der Waals surface area contributed by atoms with Crippen molar-refractivity contribution in [3.63, 3.8) is 0 Å². The number of hydrogen-bond donors (Lipinski definition) is 9. The van der Waals surface area contributed by atoms with E-state index in [4.69, 9.17) is 27.3 Å². The van der Waals surface area contributed by atoms with Crippen LogP contribution >= 0.6 is 11.6 Å². The molecule has 12 bridgehead atoms. The summed E-state index contributed by atoms with van der Waals surface area (Å²) in [4.78, 5) is 102. The standard InChI is InChI=1S/C25H31N7O2.C24H29N7O3.C16H19ClN4O2.C8H11N3O/c1-14-5-18(15(2)26-3)27-11-19(14)29-22-28-12-20-21(30-22)32(23(33)31(20)4)24-7-16-6-17(8-24)10-25(34,9-16)13-24;1-13-4-16(20(32)25-2)26-10-17(13)28-21-27-11-18-19(29-21)31(22(33)30(18)3)23-6-14-5-15(7-23)9-24(34,8-14)12-23;1-20-11-7-18-13(17)19-12(11)21(14(20)22)15-3-9-2-10(4-15)6-16(23,5-9)8-15;1-5-3-7(8(12)10-2)11-4-6(5)9/h5,11-12,16-17,26,34H,2,6-10,13H2,1,3-4H3,(H,28,29,30);4,10-11,14-15,34H,5-9,12H2,1-3H3,(H,25,32)(H,27,28,29);7,9-10,23H,2-6,8H2,1H3;3-4H,9H2,1-2H3,(H,10,12). The van der Waals surface area contributed by atoms with Gasteiger partial charge in [-0.25, -0.2) is 39.3 Å². The van der Waals surface area contributed by atoms with Crippen molar-refractivity contribution in [1.82, 2.24) is 88.2 Å². The molecule has 0 spiro atoms. The number of rotatable bonds is 11. The molecule has 6 atom stereocenters. The summed E-state index contributed by atoms with van der Waals surface area (Å²) in [5, 5.41) is 48.2. The van der Waals surface area contributed by atoms with Crippen LogP contribution in [0.5, 0.6) is 0 Å². The van der Waals surface area contributed by atoms with Gasteiger partial charge in [0.1, 0.15) is 27.9 Å². The number of halogens is 1. The average Bonchev–Trinajstić information content (AvgIpc) is 1.69. The third kappa shape index (κ3) is 12.1. The van der Waals surface area contributed by atoms with Crippen molar-refractivity contribution in [2.24, 2.45) is 56.7 Å². The van der Waals surface area contributed by atoms with Crippen molar-refractivity contribution >= 4 is 91.6 Å². The van der Waals surface area contributed by atoms with Crippen LogP contribution in [0.15, 0.2) is 76.3 Å². The smallest absolute Gasteiger partial charge is 0.330 e. The Morgan fingerprint density at radius 1 is 0.476 bits per heavy atom. The van der Waals surface area contributed by atoms with Crippen molar-refractivity contribution in [2.45, 2.75) is 170 Å². The number of aryl methyl sites for hydroxylation is 6. The Morgan fingerprint density at radius 2 is 0.806 bits per heavy atom. The number of hydrogen-bond acceptors (Lipinski definition) is 21. The molecule has 542 valence electrons. The van der Waals surface area contributed by atoms with Gasteiger partial charge in [-0.3, -0.25) is 42.0 Å². The van der Waals surface area contributed by atoms with Gasteiger partial charge in [-0.05, 0) is 218 Å². The number of pyridine rings is 3. The van der Waals surface area contributed by atoms with Gasteiger partial charge in [-0.15, -0.1) is 0 Å². The molecular formula is C73H90ClN21O8. The minimum atomic E-state index is -0.685. The molecule has 9 aromatic rings. The van der Waals surface area contributed by atoms with E-state index in [2.05, 4.69) is 68.1 Å². The Hall–Kier alpha value is -9.45. The lowest BCUT2D eigenvalue weighted by Gasteiger charge is -2.60. The third-order valence-corrected chi connectivity index (χ3v) is 24.4. The molecule has 21 rings (SSSR count). The maximum absolute atomic E-state index is 13.5. The highest BCUT2D eigenvalue weighted by molar-refractivity contribution is 6.28. The highest BCUT2D eigenvalue weighted by atomic mass is 35.5. The summed E-state index contributed by atoms with van der Waals surface area (Å²) in [7, 11) is 10.2. The highest BCUT2D eigenvalue weighted by Crippen LogP contribution is 2.63. The van der Waals surface area contributed by atoms with Gasteiger partial charge in [0.05, 0.1) is 99.1 Å². The van der Waals surface area contributed by atoms with E-state index in [1.54, 1.807) is 92.1 Å². The van der Waals surface area contributed by atoms with Crippen LogP contribution in [0.4, 0.5) is 29.0 Å². The van der Waals surface area contributed by atoms with E-state index in [9.17, 15) is 39.3 Å². The largest absolute Gasteiger partial charge is 0.397 e. The lowest BCUT2D eigenvalue weighted by atomic mass is 9.51. The second-order valence-corrected chi connectivity index (χ2v) is 32.1. The van der Waals surface area contributed by atoms with Gasteiger partial charge in [-0.1, -0.05) is 6.58 Å². The van der Waals surface area contributed by atoms with Gasteiger partial charge in [0.15, 0.2) is 16.9 Å². The van der Waals surface area contributed by atoms with E-state index in [0.29, 0.717) is 123 Å². The maximum Gasteiger partial charge on any atom is 0.330 e. The number of carbonyl (C=O) groups excluding carboxylic acids is 2. The molecule has 12 aliphatic carbocycles. The molecule has 12 fully saturated rings. The van der Waals surface area contributed by atoms with Crippen LogP contribution in [0.1, 0.15) is 159 Å². The molecule has 0 saturated heterocycles. The zero-order valence-corrected chi connectivity index (χ0v) is 60.4. The number of imidazole rings is 3. The number of aromatic nitrogens is 15. The van der Waals surface area contributed by atoms with E-state index >= 15 is 0 Å². The van der Waals surface area contributed by atoms with E-state index in [1.165, 1.54) is 12.6 Å². The fourth-order valence-corrected chi connectivity index (χ4v) is 21.1. The second kappa shape index (κ2) is 25.2.